The lowest BCUT2D eigenvalue weighted by Crippen LogP contribution is -2.26. The summed E-state index contributed by atoms with van der Waals surface area (Å²) in [4.78, 5) is 1.38. The van der Waals surface area contributed by atoms with E-state index in [1.807, 2.05) is 12.1 Å². The molecule has 0 spiro atoms. The zero-order chi connectivity index (χ0) is 15.1. The Morgan fingerprint density at radius 1 is 1.10 bits per heavy atom. The summed E-state index contributed by atoms with van der Waals surface area (Å²) in [5.41, 5.74) is 0.838. The molecular weight excluding hydrogens is 281 g/mol. The molecule has 0 radical (unpaired) electrons. The molecule has 1 N–H and O–H groups in total. The molecule has 1 heterocycles. The maximum Gasteiger partial charge on any atom is 0.126 e. The Kier molecular flexibility index (Phi) is 6.40. The minimum Gasteiger partial charge on any atom is -0.316 e. The molecule has 0 amide bonds. The molecule has 21 heavy (non-hydrogen) atoms. The molecular formula is C18H24FNS. The average molecular weight is 305 g/mol. The van der Waals surface area contributed by atoms with Crippen LogP contribution in [0.15, 0.2) is 41.8 Å². The minimum atomic E-state index is -0.0833. The van der Waals surface area contributed by atoms with Crippen molar-refractivity contribution in [3.8, 4) is 0 Å². The van der Waals surface area contributed by atoms with Crippen molar-refractivity contribution >= 4 is 11.3 Å². The number of nitrogens with one attached hydrogen (secondary N) is 1. The van der Waals surface area contributed by atoms with Gasteiger partial charge in [-0.15, -0.1) is 11.3 Å². The molecule has 1 nitrogen and oxygen atoms in total. The minimum absolute atomic E-state index is 0.0833. The van der Waals surface area contributed by atoms with Gasteiger partial charge in [-0.25, -0.2) is 4.39 Å². The molecule has 0 saturated heterocycles. The van der Waals surface area contributed by atoms with E-state index in [0.717, 1.165) is 31.5 Å². The van der Waals surface area contributed by atoms with Crippen LogP contribution in [0.3, 0.4) is 0 Å². The van der Waals surface area contributed by atoms with Crippen LogP contribution in [0.4, 0.5) is 4.39 Å². The Balaban J connectivity index is 2.01. The van der Waals surface area contributed by atoms with E-state index >= 15 is 0 Å². The lowest BCUT2D eigenvalue weighted by molar-refractivity contribution is 0.486. The van der Waals surface area contributed by atoms with Gasteiger partial charge < -0.3 is 5.32 Å². The third kappa shape index (κ3) is 5.25. The van der Waals surface area contributed by atoms with Crippen LogP contribution in [0.5, 0.6) is 0 Å². The summed E-state index contributed by atoms with van der Waals surface area (Å²) in [5.74, 6) is 0.760. The molecule has 0 bridgehead atoms. The van der Waals surface area contributed by atoms with Gasteiger partial charge in [-0.2, -0.15) is 0 Å². The first kappa shape index (κ1) is 16.2. The predicted molar refractivity (Wildman–Crippen MR) is 89.5 cm³/mol. The average Bonchev–Trinajstić information content (AvgIpc) is 2.96. The second-order valence-electron chi connectivity index (χ2n) is 5.89. The number of benzene rings is 1. The maximum atomic E-state index is 14.1. The van der Waals surface area contributed by atoms with E-state index in [1.165, 1.54) is 4.88 Å². The Morgan fingerprint density at radius 2 is 1.90 bits per heavy atom. The normalized spacial score (nSPS) is 12.8. The lowest BCUT2D eigenvalue weighted by atomic mass is 9.93. The van der Waals surface area contributed by atoms with Gasteiger partial charge in [0.05, 0.1) is 0 Å². The fourth-order valence-corrected chi connectivity index (χ4v) is 3.22. The number of halogens is 1. The van der Waals surface area contributed by atoms with Gasteiger partial charge in [-0.05, 0) is 54.3 Å². The number of hydrogen-bond acceptors (Lipinski definition) is 2. The standard InChI is InChI=1S/C18H24FNS/c1-14(2)12-20-13-15(9-10-16-6-5-11-21-16)17-7-3-4-8-18(17)19/h3-8,11,14-15,20H,9-10,12-13H2,1-2H3. The van der Waals surface area contributed by atoms with Crippen molar-refractivity contribution in [2.45, 2.75) is 32.6 Å². The zero-order valence-electron chi connectivity index (χ0n) is 12.8. The van der Waals surface area contributed by atoms with Crippen LogP contribution in [-0.4, -0.2) is 13.1 Å². The fourth-order valence-electron chi connectivity index (χ4n) is 2.49. The van der Waals surface area contributed by atoms with Crippen molar-refractivity contribution in [3.63, 3.8) is 0 Å². The van der Waals surface area contributed by atoms with Gasteiger partial charge in [0, 0.05) is 11.4 Å². The highest BCUT2D eigenvalue weighted by Gasteiger charge is 2.15. The topological polar surface area (TPSA) is 12.0 Å². The van der Waals surface area contributed by atoms with E-state index < -0.39 is 0 Å². The van der Waals surface area contributed by atoms with Crippen molar-refractivity contribution in [2.24, 2.45) is 5.92 Å². The molecule has 1 atom stereocenters. The molecule has 0 saturated carbocycles. The smallest absolute Gasteiger partial charge is 0.126 e. The third-order valence-electron chi connectivity index (χ3n) is 3.61. The van der Waals surface area contributed by atoms with Gasteiger partial charge in [0.25, 0.3) is 0 Å². The van der Waals surface area contributed by atoms with Gasteiger partial charge in [-0.3, -0.25) is 0 Å². The summed E-state index contributed by atoms with van der Waals surface area (Å²) >= 11 is 1.78. The highest BCUT2D eigenvalue weighted by atomic mass is 32.1. The first-order valence-corrected chi connectivity index (χ1v) is 8.52. The highest BCUT2D eigenvalue weighted by molar-refractivity contribution is 7.09. The number of rotatable bonds is 8. The van der Waals surface area contributed by atoms with Crippen LogP contribution >= 0.6 is 11.3 Å². The molecule has 0 aliphatic rings. The molecule has 0 aliphatic carbocycles. The van der Waals surface area contributed by atoms with Crippen molar-refractivity contribution < 1.29 is 4.39 Å². The van der Waals surface area contributed by atoms with Gasteiger partial charge >= 0.3 is 0 Å². The predicted octanol–water partition coefficient (Wildman–Crippen LogP) is 4.85. The van der Waals surface area contributed by atoms with Crippen LogP contribution in [0.1, 0.15) is 36.6 Å². The van der Waals surface area contributed by atoms with E-state index in [9.17, 15) is 4.39 Å². The third-order valence-corrected chi connectivity index (χ3v) is 4.54. The first-order valence-electron chi connectivity index (χ1n) is 7.64. The highest BCUT2D eigenvalue weighted by Crippen LogP contribution is 2.25. The summed E-state index contributed by atoms with van der Waals surface area (Å²) in [6.45, 7) is 6.20. The molecule has 3 heteroatoms. The fraction of sp³-hybridized carbons (Fsp3) is 0.444. The van der Waals surface area contributed by atoms with Crippen molar-refractivity contribution in [1.82, 2.24) is 5.32 Å². The molecule has 1 unspecified atom stereocenters. The van der Waals surface area contributed by atoms with Crippen LogP contribution in [0.2, 0.25) is 0 Å². The number of aryl methyl sites for hydroxylation is 1. The van der Waals surface area contributed by atoms with Crippen LogP contribution < -0.4 is 5.32 Å². The first-order chi connectivity index (χ1) is 10.2. The van der Waals surface area contributed by atoms with E-state index in [2.05, 4.69) is 36.7 Å². The van der Waals surface area contributed by atoms with Crippen molar-refractivity contribution in [2.75, 3.05) is 13.1 Å². The zero-order valence-corrected chi connectivity index (χ0v) is 13.6. The molecule has 2 aromatic rings. The van der Waals surface area contributed by atoms with Crippen LogP contribution in [-0.2, 0) is 6.42 Å². The SMILES string of the molecule is CC(C)CNCC(CCc1cccs1)c1ccccc1F. The monoisotopic (exact) mass is 305 g/mol. The molecule has 1 aromatic carbocycles. The molecule has 0 fully saturated rings. The Hall–Kier alpha value is -1.19. The van der Waals surface area contributed by atoms with Gasteiger partial charge in [0.2, 0.25) is 0 Å². The molecule has 0 aliphatic heterocycles. The van der Waals surface area contributed by atoms with E-state index in [4.69, 9.17) is 0 Å². The van der Waals surface area contributed by atoms with Gasteiger partial charge in [-0.1, -0.05) is 38.1 Å². The lowest BCUT2D eigenvalue weighted by Gasteiger charge is -2.19. The number of hydrogen-bond donors (Lipinski definition) is 1. The summed E-state index contributed by atoms with van der Waals surface area (Å²) in [6.07, 6.45) is 1.99. The summed E-state index contributed by atoms with van der Waals surface area (Å²) in [5, 5.41) is 5.58. The second kappa shape index (κ2) is 8.30. The Morgan fingerprint density at radius 3 is 2.57 bits per heavy atom. The summed E-state index contributed by atoms with van der Waals surface area (Å²) < 4.78 is 14.1. The maximum absolute atomic E-state index is 14.1. The molecule has 2 rings (SSSR count). The van der Waals surface area contributed by atoms with E-state index in [0.29, 0.717) is 5.92 Å². The van der Waals surface area contributed by atoms with Crippen LogP contribution in [0.25, 0.3) is 0 Å². The van der Waals surface area contributed by atoms with E-state index in [1.54, 1.807) is 23.5 Å². The largest absolute Gasteiger partial charge is 0.316 e. The Bertz CT molecular complexity index is 522. The molecule has 114 valence electrons. The van der Waals surface area contributed by atoms with Crippen molar-refractivity contribution in [1.29, 1.82) is 0 Å². The van der Waals surface area contributed by atoms with E-state index in [-0.39, 0.29) is 11.7 Å². The van der Waals surface area contributed by atoms with Gasteiger partial charge in [0.1, 0.15) is 5.82 Å². The second-order valence-corrected chi connectivity index (χ2v) is 6.92. The number of thiophene rings is 1. The summed E-state index contributed by atoms with van der Waals surface area (Å²) in [7, 11) is 0. The Labute approximate surface area is 131 Å². The van der Waals surface area contributed by atoms with Gasteiger partial charge in [0.15, 0.2) is 0 Å². The molecule has 1 aromatic heterocycles. The quantitative estimate of drug-likeness (QED) is 0.735. The van der Waals surface area contributed by atoms with Crippen LogP contribution in [0, 0.1) is 11.7 Å². The summed E-state index contributed by atoms with van der Waals surface area (Å²) in [6, 6.07) is 11.4. The van der Waals surface area contributed by atoms with Crippen molar-refractivity contribution in [3.05, 3.63) is 58.0 Å².